The molecule has 0 radical (unpaired) electrons. The predicted octanol–water partition coefficient (Wildman–Crippen LogP) is 2.84. The Morgan fingerprint density at radius 2 is 1.76 bits per heavy atom. The smallest absolute Gasteiger partial charge is 0.349 e. The highest BCUT2D eigenvalue weighted by Gasteiger charge is 2.21. The largest absolute Gasteiger partial charge is 0.486 e. The minimum absolute atomic E-state index is 0.0175. The van der Waals surface area contributed by atoms with E-state index >= 15 is 0 Å². The van der Waals surface area contributed by atoms with Gasteiger partial charge in [-0.2, -0.15) is 0 Å². The summed E-state index contributed by atoms with van der Waals surface area (Å²) in [5.74, 6) is 0.770. The van der Waals surface area contributed by atoms with Crippen LogP contribution >= 0.6 is 0 Å². The minimum Gasteiger partial charge on any atom is -0.486 e. The fraction of sp³-hybridized carbons (Fsp3) is 0.158. The maximum atomic E-state index is 12.8. The molecule has 0 N–H and O–H groups in total. The van der Waals surface area contributed by atoms with Crippen LogP contribution in [0.2, 0.25) is 0 Å². The van der Waals surface area contributed by atoms with Crippen LogP contribution in [0, 0.1) is 0 Å². The molecule has 1 aliphatic heterocycles. The summed E-state index contributed by atoms with van der Waals surface area (Å²) in [4.78, 5) is 26.3. The van der Waals surface area contributed by atoms with E-state index in [-0.39, 0.29) is 5.56 Å². The van der Waals surface area contributed by atoms with E-state index in [1.54, 1.807) is 49.5 Å². The normalized spacial score (nSPS) is 12.8. The van der Waals surface area contributed by atoms with Crippen molar-refractivity contribution in [1.82, 2.24) is 0 Å². The number of nitrogens with zero attached hydrogens (tertiary/aromatic N) is 1. The summed E-state index contributed by atoms with van der Waals surface area (Å²) in [5, 5.41) is 0.695. The van der Waals surface area contributed by atoms with Crippen molar-refractivity contribution < 1.29 is 18.7 Å². The van der Waals surface area contributed by atoms with E-state index in [1.165, 1.54) is 4.90 Å². The number of carbonyl (C=O) groups is 1. The van der Waals surface area contributed by atoms with Crippen molar-refractivity contribution in [2.75, 3.05) is 25.2 Å². The lowest BCUT2D eigenvalue weighted by molar-refractivity contribution is 0.0989. The Hall–Kier alpha value is -3.28. The van der Waals surface area contributed by atoms with Crippen molar-refractivity contribution in [1.29, 1.82) is 0 Å². The zero-order valence-corrected chi connectivity index (χ0v) is 13.5. The number of fused-ring (bicyclic) bond motifs is 2. The molecule has 6 heteroatoms. The second-order valence-electron chi connectivity index (χ2n) is 5.68. The monoisotopic (exact) mass is 337 g/mol. The molecule has 0 saturated carbocycles. The first-order valence-corrected chi connectivity index (χ1v) is 7.84. The fourth-order valence-electron chi connectivity index (χ4n) is 2.75. The first kappa shape index (κ1) is 15.3. The molecular formula is C19H15NO5. The van der Waals surface area contributed by atoms with Gasteiger partial charge in [-0.15, -0.1) is 0 Å². The van der Waals surface area contributed by atoms with Gasteiger partial charge in [0.15, 0.2) is 11.5 Å². The van der Waals surface area contributed by atoms with Gasteiger partial charge in [0.05, 0.1) is 0 Å². The summed E-state index contributed by atoms with van der Waals surface area (Å²) in [6, 6.07) is 13.8. The summed E-state index contributed by atoms with van der Waals surface area (Å²) in [5.41, 5.74) is 0.372. The maximum absolute atomic E-state index is 12.8. The van der Waals surface area contributed by atoms with E-state index in [9.17, 15) is 9.59 Å². The molecule has 0 fully saturated rings. The third kappa shape index (κ3) is 2.71. The highest BCUT2D eigenvalue weighted by Crippen LogP contribution is 2.34. The summed E-state index contributed by atoms with van der Waals surface area (Å²) in [7, 11) is 1.60. The van der Waals surface area contributed by atoms with Crippen LogP contribution in [-0.4, -0.2) is 26.2 Å². The Morgan fingerprint density at radius 1 is 1.00 bits per heavy atom. The van der Waals surface area contributed by atoms with Crippen LogP contribution in [0.5, 0.6) is 11.5 Å². The number of para-hydroxylation sites is 1. The molecule has 0 saturated heterocycles. The molecule has 0 spiro atoms. The molecule has 0 atom stereocenters. The van der Waals surface area contributed by atoms with Crippen molar-refractivity contribution in [3.05, 3.63) is 64.5 Å². The second kappa shape index (κ2) is 5.98. The highest BCUT2D eigenvalue weighted by atomic mass is 16.6. The summed E-state index contributed by atoms with van der Waals surface area (Å²) >= 11 is 0. The van der Waals surface area contributed by atoms with Crippen LogP contribution in [0.3, 0.4) is 0 Å². The Labute approximate surface area is 143 Å². The average molecular weight is 337 g/mol. The number of rotatable bonds is 2. The van der Waals surface area contributed by atoms with Gasteiger partial charge in [-0.05, 0) is 24.3 Å². The van der Waals surface area contributed by atoms with Gasteiger partial charge in [-0.25, -0.2) is 4.79 Å². The van der Waals surface area contributed by atoms with Crippen LogP contribution in [0.4, 0.5) is 5.69 Å². The van der Waals surface area contributed by atoms with E-state index < -0.39 is 11.5 Å². The summed E-state index contributed by atoms with van der Waals surface area (Å²) in [6.07, 6.45) is 0. The lowest BCUT2D eigenvalue weighted by Gasteiger charge is -2.22. The van der Waals surface area contributed by atoms with Gasteiger partial charge in [0, 0.05) is 24.2 Å². The van der Waals surface area contributed by atoms with Crippen molar-refractivity contribution in [3.63, 3.8) is 0 Å². The molecule has 4 rings (SSSR count). The van der Waals surface area contributed by atoms with Crippen molar-refractivity contribution in [3.8, 4) is 11.5 Å². The SMILES string of the molecule is CN(C(=O)c1cc2ccccc2oc1=O)c1ccc2c(c1)OCCO2. The third-order valence-corrected chi connectivity index (χ3v) is 4.09. The lowest BCUT2D eigenvalue weighted by atomic mass is 10.1. The molecule has 25 heavy (non-hydrogen) atoms. The van der Waals surface area contributed by atoms with Gasteiger partial charge in [-0.1, -0.05) is 18.2 Å². The first-order valence-electron chi connectivity index (χ1n) is 7.84. The van der Waals surface area contributed by atoms with E-state index in [4.69, 9.17) is 13.9 Å². The van der Waals surface area contributed by atoms with Gasteiger partial charge in [0.25, 0.3) is 5.91 Å². The van der Waals surface area contributed by atoms with Crippen LogP contribution in [0.1, 0.15) is 10.4 Å². The lowest BCUT2D eigenvalue weighted by Crippen LogP contribution is -2.30. The van der Waals surface area contributed by atoms with E-state index in [2.05, 4.69) is 0 Å². The topological polar surface area (TPSA) is 69.0 Å². The zero-order valence-electron chi connectivity index (χ0n) is 13.5. The van der Waals surface area contributed by atoms with Crippen LogP contribution in [0.25, 0.3) is 11.0 Å². The first-order chi connectivity index (χ1) is 12.1. The molecule has 0 aliphatic carbocycles. The number of carbonyl (C=O) groups excluding carboxylic acids is 1. The second-order valence-corrected chi connectivity index (χ2v) is 5.68. The number of amides is 1. The molecule has 1 amide bonds. The van der Waals surface area contributed by atoms with Crippen molar-refractivity contribution in [2.45, 2.75) is 0 Å². The number of ether oxygens (including phenoxy) is 2. The molecule has 2 aromatic carbocycles. The highest BCUT2D eigenvalue weighted by molar-refractivity contribution is 6.06. The molecular weight excluding hydrogens is 322 g/mol. The minimum atomic E-state index is -0.659. The third-order valence-electron chi connectivity index (χ3n) is 4.09. The molecule has 6 nitrogen and oxygen atoms in total. The molecule has 2 heterocycles. The summed E-state index contributed by atoms with van der Waals surface area (Å²) < 4.78 is 16.3. The van der Waals surface area contributed by atoms with Gasteiger partial charge in [-0.3, -0.25) is 4.79 Å². The fourth-order valence-corrected chi connectivity index (χ4v) is 2.75. The molecule has 3 aromatic rings. The van der Waals surface area contributed by atoms with Crippen LogP contribution in [0.15, 0.2) is 57.7 Å². The molecule has 1 aromatic heterocycles. The molecule has 0 unspecified atom stereocenters. The van der Waals surface area contributed by atoms with Crippen molar-refractivity contribution in [2.24, 2.45) is 0 Å². The van der Waals surface area contributed by atoms with Gasteiger partial charge < -0.3 is 18.8 Å². The Morgan fingerprint density at radius 3 is 2.60 bits per heavy atom. The number of benzene rings is 2. The summed E-state index contributed by atoms with van der Waals surface area (Å²) in [6.45, 7) is 0.960. The maximum Gasteiger partial charge on any atom is 0.349 e. The van der Waals surface area contributed by atoms with Gasteiger partial charge >= 0.3 is 5.63 Å². The average Bonchev–Trinajstić information content (AvgIpc) is 2.66. The Kier molecular flexibility index (Phi) is 3.65. The number of hydrogen-bond donors (Lipinski definition) is 0. The van der Waals surface area contributed by atoms with E-state index in [0.29, 0.717) is 41.4 Å². The quantitative estimate of drug-likeness (QED) is 0.673. The van der Waals surface area contributed by atoms with Crippen molar-refractivity contribution >= 4 is 22.6 Å². The van der Waals surface area contributed by atoms with Crippen LogP contribution in [-0.2, 0) is 0 Å². The Balaban J connectivity index is 1.71. The molecule has 126 valence electrons. The standard InChI is InChI=1S/C19H15NO5/c1-20(13-6-7-16-17(11-13)24-9-8-23-16)18(21)14-10-12-4-2-3-5-15(12)25-19(14)22/h2-7,10-11H,8-9H2,1H3. The van der Waals surface area contributed by atoms with Gasteiger partial charge in [0.1, 0.15) is 24.4 Å². The number of hydrogen-bond acceptors (Lipinski definition) is 5. The zero-order chi connectivity index (χ0) is 17.4. The molecule has 0 bridgehead atoms. The van der Waals surface area contributed by atoms with Gasteiger partial charge in [0.2, 0.25) is 0 Å². The van der Waals surface area contributed by atoms with E-state index in [0.717, 1.165) is 0 Å². The number of anilines is 1. The van der Waals surface area contributed by atoms with E-state index in [1.807, 2.05) is 6.07 Å². The van der Waals surface area contributed by atoms with Crippen LogP contribution < -0.4 is 20.0 Å². The molecule has 1 aliphatic rings. The predicted molar refractivity (Wildman–Crippen MR) is 92.6 cm³/mol. The Bertz CT molecular complexity index is 1020.